The van der Waals surface area contributed by atoms with Gasteiger partial charge >= 0.3 is 0 Å². The lowest BCUT2D eigenvalue weighted by atomic mass is 9.96. The summed E-state index contributed by atoms with van der Waals surface area (Å²) < 4.78 is 0. The van der Waals surface area contributed by atoms with Gasteiger partial charge in [0, 0.05) is 19.8 Å². The van der Waals surface area contributed by atoms with Crippen LogP contribution in [-0.2, 0) is 6.42 Å². The summed E-state index contributed by atoms with van der Waals surface area (Å²) in [5, 5.41) is 0. The molecule has 0 unspecified atom stereocenters. The van der Waals surface area contributed by atoms with Gasteiger partial charge in [0.25, 0.3) is 0 Å². The minimum Gasteiger partial charge on any atom is -0.377 e. The van der Waals surface area contributed by atoms with Gasteiger partial charge in [-0.25, -0.2) is 0 Å². The Morgan fingerprint density at radius 1 is 1.20 bits per heavy atom. The third kappa shape index (κ3) is 1.79. The highest BCUT2D eigenvalue weighted by atomic mass is 15.1. The van der Waals surface area contributed by atoms with Gasteiger partial charge in [-0.1, -0.05) is 32.1 Å². The molecule has 0 N–H and O–H groups in total. The van der Waals surface area contributed by atoms with Crippen molar-refractivity contribution < 1.29 is 0 Å². The lowest BCUT2D eigenvalue weighted by molar-refractivity contribution is 0.863. The molecule has 0 fully saturated rings. The molecule has 0 aromatic heterocycles. The summed E-state index contributed by atoms with van der Waals surface area (Å²) in [4.78, 5) is 2.22. The van der Waals surface area contributed by atoms with E-state index in [1.807, 2.05) is 0 Å². The molecule has 2 rings (SSSR count). The molecule has 1 aliphatic carbocycles. The third-order valence-corrected chi connectivity index (χ3v) is 3.05. The Labute approximate surface area is 92.4 Å². The van der Waals surface area contributed by atoms with Crippen molar-refractivity contribution in [3.63, 3.8) is 0 Å². The number of nitrogens with zero attached hydrogens (tertiary/aromatic N) is 1. The lowest BCUT2D eigenvalue weighted by Gasteiger charge is -2.20. The largest absolute Gasteiger partial charge is 0.377 e. The molecule has 1 aromatic rings. The van der Waals surface area contributed by atoms with Crippen LogP contribution in [0.15, 0.2) is 18.2 Å². The van der Waals surface area contributed by atoms with Gasteiger partial charge < -0.3 is 4.90 Å². The Morgan fingerprint density at radius 3 is 2.53 bits per heavy atom. The average molecular weight is 201 g/mol. The Balaban J connectivity index is 2.56. The van der Waals surface area contributed by atoms with Crippen molar-refractivity contribution in [1.82, 2.24) is 0 Å². The van der Waals surface area contributed by atoms with Gasteiger partial charge in [-0.2, -0.15) is 0 Å². The molecular formula is C14H19N. The van der Waals surface area contributed by atoms with Crippen molar-refractivity contribution in [2.75, 3.05) is 19.0 Å². The van der Waals surface area contributed by atoms with Crippen LogP contribution in [0.2, 0.25) is 0 Å². The van der Waals surface area contributed by atoms with Crippen molar-refractivity contribution in [1.29, 1.82) is 0 Å². The minimum absolute atomic E-state index is 0.600. The van der Waals surface area contributed by atoms with Gasteiger partial charge in [-0.05, 0) is 35.1 Å². The molecule has 1 aliphatic rings. The van der Waals surface area contributed by atoms with Crippen molar-refractivity contribution in [3.8, 4) is 0 Å². The zero-order valence-corrected chi connectivity index (χ0v) is 10.0. The fourth-order valence-electron chi connectivity index (χ4n) is 2.11. The predicted molar refractivity (Wildman–Crippen MR) is 67.6 cm³/mol. The summed E-state index contributed by atoms with van der Waals surface area (Å²) in [6.07, 6.45) is 5.58. The van der Waals surface area contributed by atoms with Crippen molar-refractivity contribution in [2.24, 2.45) is 0 Å². The number of rotatable bonds is 2. The summed E-state index contributed by atoms with van der Waals surface area (Å²) in [6.45, 7) is 4.50. The van der Waals surface area contributed by atoms with Gasteiger partial charge in [-0.15, -0.1) is 0 Å². The summed E-state index contributed by atoms with van der Waals surface area (Å²) in [6, 6.07) is 4.66. The van der Waals surface area contributed by atoms with Gasteiger partial charge in [0.1, 0.15) is 0 Å². The molecule has 0 spiro atoms. The Kier molecular flexibility index (Phi) is 2.56. The summed E-state index contributed by atoms with van der Waals surface area (Å²) in [5.41, 5.74) is 5.69. The number of anilines is 1. The molecule has 15 heavy (non-hydrogen) atoms. The van der Waals surface area contributed by atoms with Crippen molar-refractivity contribution in [3.05, 3.63) is 34.9 Å². The van der Waals surface area contributed by atoms with Gasteiger partial charge in [-0.3, -0.25) is 0 Å². The van der Waals surface area contributed by atoms with E-state index in [0.29, 0.717) is 5.92 Å². The Bertz CT molecular complexity index is 400. The standard InChI is InChI=1S/C14H19N/c1-10(2)12-8-11-6-5-7-13(11)14(9-12)15(3)4/h5-6,8-10H,7H2,1-4H3. The quantitative estimate of drug-likeness (QED) is 0.708. The molecular weight excluding hydrogens is 182 g/mol. The topological polar surface area (TPSA) is 3.24 Å². The second-order valence-corrected chi connectivity index (χ2v) is 4.76. The highest BCUT2D eigenvalue weighted by molar-refractivity contribution is 5.71. The van der Waals surface area contributed by atoms with E-state index >= 15 is 0 Å². The summed E-state index contributed by atoms with van der Waals surface area (Å²) in [5.74, 6) is 0.600. The summed E-state index contributed by atoms with van der Waals surface area (Å²) >= 11 is 0. The smallest absolute Gasteiger partial charge is 0.0405 e. The molecule has 0 radical (unpaired) electrons. The second kappa shape index (κ2) is 3.73. The fourth-order valence-corrected chi connectivity index (χ4v) is 2.11. The first-order valence-corrected chi connectivity index (χ1v) is 5.60. The van der Waals surface area contributed by atoms with E-state index in [1.165, 1.54) is 22.4 Å². The number of allylic oxidation sites excluding steroid dienone is 1. The fraction of sp³-hybridized carbons (Fsp3) is 0.429. The molecule has 1 heteroatoms. The normalized spacial score (nSPS) is 13.4. The average Bonchev–Trinajstić information content (AvgIpc) is 2.62. The molecule has 0 saturated heterocycles. The molecule has 1 nitrogen and oxygen atoms in total. The molecule has 80 valence electrons. The SMILES string of the molecule is CC(C)c1cc2c(c(N(C)C)c1)CC=C2. The zero-order valence-electron chi connectivity index (χ0n) is 10.0. The minimum atomic E-state index is 0.600. The van der Waals surface area contributed by atoms with E-state index in [4.69, 9.17) is 0 Å². The maximum atomic E-state index is 2.33. The first-order chi connectivity index (χ1) is 7.09. The molecule has 1 aromatic carbocycles. The second-order valence-electron chi connectivity index (χ2n) is 4.76. The van der Waals surface area contributed by atoms with Crippen LogP contribution in [-0.4, -0.2) is 14.1 Å². The molecule has 0 bridgehead atoms. The monoisotopic (exact) mass is 201 g/mol. The van der Waals surface area contributed by atoms with Crippen LogP contribution in [0, 0.1) is 0 Å². The van der Waals surface area contributed by atoms with Crippen LogP contribution >= 0.6 is 0 Å². The molecule has 0 heterocycles. The lowest BCUT2D eigenvalue weighted by Crippen LogP contribution is -2.12. The number of hydrogen-bond donors (Lipinski definition) is 0. The number of hydrogen-bond acceptors (Lipinski definition) is 1. The third-order valence-electron chi connectivity index (χ3n) is 3.05. The molecule has 0 aliphatic heterocycles. The highest BCUT2D eigenvalue weighted by Gasteiger charge is 2.14. The maximum absolute atomic E-state index is 2.33. The van der Waals surface area contributed by atoms with Crippen LogP contribution in [0.5, 0.6) is 0 Å². The zero-order chi connectivity index (χ0) is 11.0. The number of benzene rings is 1. The number of fused-ring (bicyclic) bond motifs is 1. The van der Waals surface area contributed by atoms with Crippen LogP contribution in [0.3, 0.4) is 0 Å². The predicted octanol–water partition coefficient (Wildman–Crippen LogP) is 3.45. The van der Waals surface area contributed by atoms with Gasteiger partial charge in [0.05, 0.1) is 0 Å². The highest BCUT2D eigenvalue weighted by Crippen LogP contribution is 2.32. The van der Waals surface area contributed by atoms with E-state index < -0.39 is 0 Å². The van der Waals surface area contributed by atoms with Crippen LogP contribution in [0.1, 0.15) is 36.5 Å². The Morgan fingerprint density at radius 2 is 1.93 bits per heavy atom. The first kappa shape index (κ1) is 10.3. The van der Waals surface area contributed by atoms with Gasteiger partial charge in [0.15, 0.2) is 0 Å². The maximum Gasteiger partial charge on any atom is 0.0405 e. The van der Waals surface area contributed by atoms with E-state index in [2.05, 4.69) is 57.1 Å². The van der Waals surface area contributed by atoms with E-state index in [-0.39, 0.29) is 0 Å². The van der Waals surface area contributed by atoms with Crippen LogP contribution in [0.4, 0.5) is 5.69 Å². The molecule has 0 saturated carbocycles. The Hall–Kier alpha value is -1.24. The van der Waals surface area contributed by atoms with Crippen LogP contribution < -0.4 is 4.90 Å². The molecule has 0 atom stereocenters. The van der Waals surface area contributed by atoms with E-state index in [9.17, 15) is 0 Å². The van der Waals surface area contributed by atoms with Gasteiger partial charge in [0.2, 0.25) is 0 Å². The van der Waals surface area contributed by atoms with Crippen molar-refractivity contribution in [2.45, 2.75) is 26.2 Å². The first-order valence-electron chi connectivity index (χ1n) is 5.60. The molecule has 0 amide bonds. The van der Waals surface area contributed by atoms with Crippen molar-refractivity contribution >= 4 is 11.8 Å². The van der Waals surface area contributed by atoms with E-state index in [1.54, 1.807) is 0 Å². The summed E-state index contributed by atoms with van der Waals surface area (Å²) in [7, 11) is 4.25. The van der Waals surface area contributed by atoms with Crippen LogP contribution in [0.25, 0.3) is 6.08 Å². The van der Waals surface area contributed by atoms with E-state index in [0.717, 1.165) is 6.42 Å².